The Bertz CT molecular complexity index is 399. The Hall–Kier alpha value is -1.22. The first-order chi connectivity index (χ1) is 7.63. The van der Waals surface area contributed by atoms with Gasteiger partial charge in [-0.3, -0.25) is 4.79 Å². The van der Waals surface area contributed by atoms with Gasteiger partial charge in [0.05, 0.1) is 0 Å². The summed E-state index contributed by atoms with van der Waals surface area (Å²) < 4.78 is 0. The van der Waals surface area contributed by atoms with Crippen LogP contribution in [0.3, 0.4) is 0 Å². The van der Waals surface area contributed by atoms with E-state index in [1.54, 1.807) is 6.92 Å². The molecule has 0 aliphatic rings. The number of hydrogen-bond acceptors (Lipinski definition) is 3. The number of nitrogen functional groups attached to an aromatic ring is 1. The maximum absolute atomic E-state index is 10.7. The fraction of sp³-hybridized carbons (Fsp3) is 0.308. The zero-order valence-corrected chi connectivity index (χ0v) is 10.5. The molecule has 0 unspecified atom stereocenters. The molecular formula is C13H17NOS. The molecule has 1 aromatic carbocycles. The number of anilines is 1. The standard InChI is InChI=1S/C13H17NOS/c1-3-11-6-7-13(14)12(9-11)5-4-8-16-10(2)15/h4-7,9H,3,8,14H2,1-2H3. The molecule has 0 heterocycles. The molecular weight excluding hydrogens is 218 g/mol. The van der Waals surface area contributed by atoms with E-state index >= 15 is 0 Å². The Morgan fingerprint density at radius 3 is 2.88 bits per heavy atom. The molecule has 0 amide bonds. The average Bonchev–Trinajstić information content (AvgIpc) is 2.26. The van der Waals surface area contributed by atoms with Crippen LogP contribution in [0.15, 0.2) is 24.3 Å². The molecule has 0 atom stereocenters. The largest absolute Gasteiger partial charge is 0.398 e. The van der Waals surface area contributed by atoms with Crippen LogP contribution in [0.25, 0.3) is 6.08 Å². The van der Waals surface area contributed by atoms with Crippen molar-refractivity contribution in [1.82, 2.24) is 0 Å². The Morgan fingerprint density at radius 2 is 2.25 bits per heavy atom. The van der Waals surface area contributed by atoms with Crippen molar-refractivity contribution in [3.8, 4) is 0 Å². The lowest BCUT2D eigenvalue weighted by Gasteiger charge is -2.03. The molecule has 86 valence electrons. The van der Waals surface area contributed by atoms with E-state index in [2.05, 4.69) is 13.0 Å². The second-order valence-corrected chi connectivity index (χ2v) is 4.72. The molecule has 2 nitrogen and oxygen atoms in total. The Balaban J connectivity index is 2.68. The minimum absolute atomic E-state index is 0.139. The van der Waals surface area contributed by atoms with E-state index < -0.39 is 0 Å². The topological polar surface area (TPSA) is 43.1 Å². The van der Waals surface area contributed by atoms with Gasteiger partial charge in [-0.2, -0.15) is 0 Å². The van der Waals surface area contributed by atoms with Crippen LogP contribution in [-0.4, -0.2) is 10.9 Å². The second-order valence-electron chi connectivity index (χ2n) is 3.52. The minimum Gasteiger partial charge on any atom is -0.398 e. The Kier molecular flexibility index (Phi) is 5.12. The SMILES string of the molecule is CCc1ccc(N)c(C=CCSC(C)=O)c1. The number of benzene rings is 1. The number of carbonyl (C=O) groups is 1. The molecule has 0 aromatic heterocycles. The van der Waals surface area contributed by atoms with Gasteiger partial charge in [-0.15, -0.1) is 0 Å². The van der Waals surface area contributed by atoms with Crippen LogP contribution in [-0.2, 0) is 11.2 Å². The highest BCUT2D eigenvalue weighted by Gasteiger charge is 1.97. The van der Waals surface area contributed by atoms with Crippen molar-refractivity contribution in [2.45, 2.75) is 20.3 Å². The third-order valence-electron chi connectivity index (χ3n) is 2.24. The molecule has 0 spiro atoms. The lowest BCUT2D eigenvalue weighted by atomic mass is 10.1. The van der Waals surface area contributed by atoms with Gasteiger partial charge in [-0.1, -0.05) is 36.9 Å². The van der Waals surface area contributed by atoms with Gasteiger partial charge in [0.15, 0.2) is 5.12 Å². The summed E-state index contributed by atoms with van der Waals surface area (Å²) in [6, 6.07) is 6.05. The molecule has 3 heteroatoms. The predicted octanol–water partition coefficient (Wildman–Crippen LogP) is 3.12. The molecule has 16 heavy (non-hydrogen) atoms. The van der Waals surface area contributed by atoms with E-state index in [-0.39, 0.29) is 5.12 Å². The van der Waals surface area contributed by atoms with Crippen LogP contribution in [0.4, 0.5) is 5.69 Å². The van der Waals surface area contributed by atoms with Crippen molar-refractivity contribution < 1.29 is 4.79 Å². The third-order valence-corrected chi connectivity index (χ3v) is 3.01. The molecule has 1 rings (SSSR count). The molecule has 0 radical (unpaired) electrons. The minimum atomic E-state index is 0.139. The second kappa shape index (κ2) is 6.38. The van der Waals surface area contributed by atoms with Gasteiger partial charge in [0.2, 0.25) is 0 Å². The predicted molar refractivity (Wildman–Crippen MR) is 72.4 cm³/mol. The van der Waals surface area contributed by atoms with E-state index in [1.165, 1.54) is 17.3 Å². The first-order valence-electron chi connectivity index (χ1n) is 5.31. The van der Waals surface area contributed by atoms with Crippen molar-refractivity contribution in [1.29, 1.82) is 0 Å². The summed E-state index contributed by atoms with van der Waals surface area (Å²) in [6.07, 6.45) is 4.95. The summed E-state index contributed by atoms with van der Waals surface area (Å²) in [5.41, 5.74) is 8.94. The van der Waals surface area contributed by atoms with Gasteiger partial charge >= 0.3 is 0 Å². The fourth-order valence-corrected chi connectivity index (χ4v) is 1.76. The molecule has 2 N–H and O–H groups in total. The number of rotatable bonds is 4. The first-order valence-corrected chi connectivity index (χ1v) is 6.30. The molecule has 0 aliphatic carbocycles. The first kappa shape index (κ1) is 12.8. The summed E-state index contributed by atoms with van der Waals surface area (Å²) >= 11 is 1.30. The highest BCUT2D eigenvalue weighted by molar-refractivity contribution is 8.13. The smallest absolute Gasteiger partial charge is 0.186 e. The van der Waals surface area contributed by atoms with Crippen molar-refractivity contribution in [3.05, 3.63) is 35.4 Å². The lowest BCUT2D eigenvalue weighted by Crippen LogP contribution is -1.91. The van der Waals surface area contributed by atoms with Gasteiger partial charge in [0.25, 0.3) is 0 Å². The van der Waals surface area contributed by atoms with E-state index in [4.69, 9.17) is 5.73 Å². The van der Waals surface area contributed by atoms with Crippen LogP contribution >= 0.6 is 11.8 Å². The Labute approximate surface area is 101 Å². The van der Waals surface area contributed by atoms with Gasteiger partial charge in [0, 0.05) is 18.4 Å². The van der Waals surface area contributed by atoms with Crippen LogP contribution in [0.1, 0.15) is 25.0 Å². The highest BCUT2D eigenvalue weighted by atomic mass is 32.2. The monoisotopic (exact) mass is 235 g/mol. The molecule has 0 saturated carbocycles. The van der Waals surface area contributed by atoms with E-state index in [1.807, 2.05) is 24.3 Å². The maximum atomic E-state index is 10.7. The van der Waals surface area contributed by atoms with Gasteiger partial charge in [0.1, 0.15) is 0 Å². The summed E-state index contributed by atoms with van der Waals surface area (Å²) in [6.45, 7) is 3.69. The molecule has 0 saturated heterocycles. The number of carbonyl (C=O) groups excluding carboxylic acids is 1. The maximum Gasteiger partial charge on any atom is 0.186 e. The zero-order valence-electron chi connectivity index (χ0n) is 9.69. The molecule has 1 aromatic rings. The van der Waals surface area contributed by atoms with Crippen LogP contribution in [0, 0.1) is 0 Å². The normalized spacial score (nSPS) is 10.9. The fourth-order valence-electron chi connectivity index (χ4n) is 1.33. The van der Waals surface area contributed by atoms with Gasteiger partial charge in [-0.25, -0.2) is 0 Å². The van der Waals surface area contributed by atoms with Crippen molar-refractivity contribution in [2.24, 2.45) is 0 Å². The lowest BCUT2D eigenvalue weighted by molar-refractivity contribution is -0.109. The van der Waals surface area contributed by atoms with Crippen molar-refractivity contribution in [2.75, 3.05) is 11.5 Å². The Morgan fingerprint density at radius 1 is 1.50 bits per heavy atom. The summed E-state index contributed by atoms with van der Waals surface area (Å²) in [4.78, 5) is 10.7. The van der Waals surface area contributed by atoms with Crippen molar-refractivity contribution >= 4 is 28.6 Å². The number of thioether (sulfide) groups is 1. The van der Waals surface area contributed by atoms with E-state index in [0.29, 0.717) is 5.75 Å². The number of aryl methyl sites for hydroxylation is 1. The number of hydrogen-bond donors (Lipinski definition) is 1. The van der Waals surface area contributed by atoms with Crippen LogP contribution in [0.5, 0.6) is 0 Å². The summed E-state index contributed by atoms with van der Waals surface area (Å²) in [5.74, 6) is 0.700. The molecule has 0 aliphatic heterocycles. The van der Waals surface area contributed by atoms with Crippen molar-refractivity contribution in [3.63, 3.8) is 0 Å². The summed E-state index contributed by atoms with van der Waals surface area (Å²) in [7, 11) is 0. The third kappa shape index (κ3) is 4.11. The molecule has 0 bridgehead atoms. The van der Waals surface area contributed by atoms with E-state index in [9.17, 15) is 4.79 Å². The van der Waals surface area contributed by atoms with Gasteiger partial charge in [-0.05, 0) is 29.7 Å². The number of nitrogens with two attached hydrogens (primary N) is 1. The zero-order chi connectivity index (χ0) is 12.0. The van der Waals surface area contributed by atoms with Gasteiger partial charge < -0.3 is 5.73 Å². The van der Waals surface area contributed by atoms with Crippen LogP contribution in [0.2, 0.25) is 0 Å². The average molecular weight is 235 g/mol. The highest BCUT2D eigenvalue weighted by Crippen LogP contribution is 2.16. The summed E-state index contributed by atoms with van der Waals surface area (Å²) in [5, 5.41) is 0.139. The quantitative estimate of drug-likeness (QED) is 0.815. The van der Waals surface area contributed by atoms with Crippen LogP contribution < -0.4 is 5.73 Å². The van der Waals surface area contributed by atoms with E-state index in [0.717, 1.165) is 17.7 Å². The molecule has 0 fully saturated rings.